The third-order valence-corrected chi connectivity index (χ3v) is 6.47. The zero-order chi connectivity index (χ0) is 19.8. The average molecular weight is 389 g/mol. The molecule has 29 heavy (non-hydrogen) atoms. The number of benzene rings is 2. The molecular weight excluding hydrogens is 362 g/mol. The number of hydrogen-bond donors (Lipinski definition) is 0. The van der Waals surface area contributed by atoms with Gasteiger partial charge in [0.25, 0.3) is 5.56 Å². The Hall–Kier alpha value is -2.66. The van der Waals surface area contributed by atoms with Gasteiger partial charge in [-0.1, -0.05) is 12.1 Å². The first-order valence-electron chi connectivity index (χ1n) is 10.7. The molecule has 0 unspecified atom stereocenters. The Labute approximate surface area is 170 Å². The number of aromatic nitrogens is 2. The summed E-state index contributed by atoms with van der Waals surface area (Å²) in [6, 6.07) is 16.9. The van der Waals surface area contributed by atoms with E-state index in [-0.39, 0.29) is 5.56 Å². The highest BCUT2D eigenvalue weighted by molar-refractivity contribution is 5.77. The zero-order valence-corrected chi connectivity index (χ0v) is 16.9. The second-order valence-corrected chi connectivity index (χ2v) is 8.21. The predicted octanol–water partition coefficient (Wildman–Crippen LogP) is 4.09. The van der Waals surface area contributed by atoms with E-state index in [1.165, 1.54) is 25.7 Å². The van der Waals surface area contributed by atoms with Crippen molar-refractivity contribution in [1.29, 1.82) is 0 Å². The molecule has 0 radical (unpaired) electrons. The van der Waals surface area contributed by atoms with Crippen LogP contribution in [0.25, 0.3) is 16.6 Å². The molecule has 3 aromatic rings. The fourth-order valence-corrected chi connectivity index (χ4v) is 5.06. The lowest BCUT2D eigenvalue weighted by molar-refractivity contribution is 0.219. The molecule has 0 spiro atoms. The molecule has 2 saturated heterocycles. The Balaban J connectivity index is 1.25. The van der Waals surface area contributed by atoms with Crippen LogP contribution >= 0.6 is 0 Å². The third-order valence-electron chi connectivity index (χ3n) is 6.47. The molecule has 0 N–H and O–H groups in total. The Morgan fingerprint density at radius 3 is 2.41 bits per heavy atom. The number of rotatable bonds is 6. The molecule has 5 heteroatoms. The van der Waals surface area contributed by atoms with Crippen LogP contribution < -0.4 is 10.3 Å². The predicted molar refractivity (Wildman–Crippen MR) is 115 cm³/mol. The van der Waals surface area contributed by atoms with Crippen molar-refractivity contribution in [3.8, 4) is 11.4 Å². The monoisotopic (exact) mass is 389 g/mol. The van der Waals surface area contributed by atoms with E-state index < -0.39 is 0 Å². The molecule has 0 aliphatic carbocycles. The van der Waals surface area contributed by atoms with Crippen molar-refractivity contribution in [2.45, 2.75) is 51.1 Å². The van der Waals surface area contributed by atoms with Crippen LogP contribution in [0.3, 0.4) is 0 Å². The van der Waals surface area contributed by atoms with Gasteiger partial charge in [-0.2, -0.15) is 0 Å². The molecule has 2 aliphatic heterocycles. The summed E-state index contributed by atoms with van der Waals surface area (Å²) < 4.78 is 7.61. The summed E-state index contributed by atoms with van der Waals surface area (Å²) in [5.74, 6) is 1.53. The van der Waals surface area contributed by atoms with Gasteiger partial charge in [0, 0.05) is 18.6 Å². The summed E-state index contributed by atoms with van der Waals surface area (Å²) in [7, 11) is 0. The van der Waals surface area contributed by atoms with E-state index in [1.807, 2.05) is 55.5 Å². The smallest absolute Gasteiger partial charge is 0.265 e. The molecule has 2 aromatic carbocycles. The summed E-state index contributed by atoms with van der Waals surface area (Å²) >= 11 is 0. The highest BCUT2D eigenvalue weighted by Crippen LogP contribution is 2.37. The maximum Gasteiger partial charge on any atom is 0.265 e. The Morgan fingerprint density at radius 2 is 1.69 bits per heavy atom. The molecule has 5 nitrogen and oxygen atoms in total. The topological polar surface area (TPSA) is 47.4 Å². The van der Waals surface area contributed by atoms with Gasteiger partial charge < -0.3 is 4.74 Å². The Kier molecular flexibility index (Phi) is 4.84. The van der Waals surface area contributed by atoms with Crippen molar-refractivity contribution >= 4 is 10.9 Å². The van der Waals surface area contributed by atoms with Gasteiger partial charge in [-0.05, 0) is 75.4 Å². The van der Waals surface area contributed by atoms with E-state index in [1.54, 1.807) is 4.57 Å². The van der Waals surface area contributed by atoms with Crippen LogP contribution in [0.5, 0.6) is 5.75 Å². The normalized spacial score (nSPS) is 21.1. The quantitative estimate of drug-likeness (QED) is 0.596. The summed E-state index contributed by atoms with van der Waals surface area (Å²) in [6.45, 7) is 3.74. The second kappa shape index (κ2) is 7.64. The van der Waals surface area contributed by atoms with Gasteiger partial charge in [0.2, 0.25) is 0 Å². The highest BCUT2D eigenvalue weighted by atomic mass is 16.5. The number of hydrogen-bond acceptors (Lipinski definition) is 4. The molecule has 2 bridgehead atoms. The first-order valence-corrected chi connectivity index (χ1v) is 10.7. The lowest BCUT2D eigenvalue weighted by Crippen LogP contribution is -2.30. The van der Waals surface area contributed by atoms with Crippen molar-refractivity contribution in [3.63, 3.8) is 0 Å². The SMILES string of the molecule is Cc1nc2ccccc2c(=O)n1-c1ccc(OCCCN2C3CCC2CC3)cc1. The molecule has 5 rings (SSSR count). The lowest BCUT2D eigenvalue weighted by Gasteiger charge is -2.21. The number of fused-ring (bicyclic) bond motifs is 3. The van der Waals surface area contributed by atoms with Crippen LogP contribution in [0.1, 0.15) is 37.9 Å². The average Bonchev–Trinajstić information content (AvgIpc) is 3.32. The van der Waals surface area contributed by atoms with Gasteiger partial charge in [-0.3, -0.25) is 14.3 Å². The van der Waals surface area contributed by atoms with Crippen molar-refractivity contribution in [3.05, 3.63) is 64.7 Å². The second-order valence-electron chi connectivity index (χ2n) is 8.21. The largest absolute Gasteiger partial charge is 0.494 e. The maximum atomic E-state index is 12.9. The van der Waals surface area contributed by atoms with E-state index >= 15 is 0 Å². The van der Waals surface area contributed by atoms with Crippen LogP contribution in [-0.2, 0) is 0 Å². The summed E-state index contributed by atoms with van der Waals surface area (Å²) in [5, 5.41) is 0.634. The number of nitrogens with zero attached hydrogens (tertiary/aromatic N) is 3. The number of para-hydroxylation sites is 1. The minimum Gasteiger partial charge on any atom is -0.494 e. The van der Waals surface area contributed by atoms with Crippen LogP contribution in [0.4, 0.5) is 0 Å². The zero-order valence-electron chi connectivity index (χ0n) is 16.9. The van der Waals surface area contributed by atoms with Gasteiger partial charge in [0.1, 0.15) is 11.6 Å². The van der Waals surface area contributed by atoms with Gasteiger partial charge in [0.05, 0.1) is 23.2 Å². The van der Waals surface area contributed by atoms with Crippen LogP contribution in [0.15, 0.2) is 53.3 Å². The first kappa shape index (κ1) is 18.4. The van der Waals surface area contributed by atoms with Gasteiger partial charge in [-0.15, -0.1) is 0 Å². The molecular formula is C24H27N3O2. The van der Waals surface area contributed by atoms with Crippen molar-refractivity contribution in [2.75, 3.05) is 13.2 Å². The van der Waals surface area contributed by atoms with E-state index in [9.17, 15) is 4.79 Å². The highest BCUT2D eigenvalue weighted by Gasteiger charge is 2.38. The fourth-order valence-electron chi connectivity index (χ4n) is 5.06. The standard InChI is InChI=1S/C24H27N3O2/c1-17-25-23-6-3-2-5-22(23)24(28)27(17)20-11-13-21(14-12-20)29-16-4-15-26-18-7-8-19(26)10-9-18/h2-3,5-6,11-14,18-19H,4,7-10,15-16H2,1H3. The molecule has 150 valence electrons. The van der Waals surface area contributed by atoms with Crippen LogP contribution in [0, 0.1) is 6.92 Å². The Morgan fingerprint density at radius 1 is 1.00 bits per heavy atom. The molecule has 0 amide bonds. The van der Waals surface area contributed by atoms with E-state index in [4.69, 9.17) is 4.74 Å². The van der Waals surface area contributed by atoms with Crippen molar-refractivity contribution in [2.24, 2.45) is 0 Å². The van der Waals surface area contributed by atoms with Gasteiger partial charge >= 0.3 is 0 Å². The number of ether oxygens (including phenoxy) is 1. The Bertz CT molecular complexity index is 1050. The van der Waals surface area contributed by atoms with E-state index in [0.29, 0.717) is 11.2 Å². The van der Waals surface area contributed by atoms with Crippen LogP contribution in [0.2, 0.25) is 0 Å². The summed E-state index contributed by atoms with van der Waals surface area (Å²) in [4.78, 5) is 20.2. The maximum absolute atomic E-state index is 12.9. The molecule has 0 saturated carbocycles. The number of aryl methyl sites for hydroxylation is 1. The molecule has 2 aliphatic rings. The van der Waals surface area contributed by atoms with Gasteiger partial charge in [-0.25, -0.2) is 4.98 Å². The lowest BCUT2D eigenvalue weighted by atomic mass is 10.0. The molecule has 3 heterocycles. The molecule has 1 aromatic heterocycles. The summed E-state index contributed by atoms with van der Waals surface area (Å²) in [6.07, 6.45) is 6.59. The van der Waals surface area contributed by atoms with Crippen molar-refractivity contribution in [1.82, 2.24) is 14.5 Å². The van der Waals surface area contributed by atoms with Crippen LogP contribution in [-0.4, -0.2) is 39.7 Å². The fraction of sp³-hybridized carbons (Fsp3) is 0.417. The molecule has 2 fully saturated rings. The van der Waals surface area contributed by atoms with Crippen molar-refractivity contribution < 1.29 is 4.74 Å². The van der Waals surface area contributed by atoms with E-state index in [2.05, 4.69) is 9.88 Å². The van der Waals surface area contributed by atoms with Gasteiger partial charge in [0.15, 0.2) is 0 Å². The minimum absolute atomic E-state index is 0.0398. The third kappa shape index (κ3) is 3.44. The first-order chi connectivity index (χ1) is 14.2. The van der Waals surface area contributed by atoms with E-state index in [0.717, 1.165) is 48.6 Å². The summed E-state index contributed by atoms with van der Waals surface area (Å²) in [5.41, 5.74) is 1.51. The molecule has 0 atom stereocenters. The minimum atomic E-state index is -0.0398.